The summed E-state index contributed by atoms with van der Waals surface area (Å²) in [6, 6.07) is 8.09. The zero-order chi connectivity index (χ0) is 17.9. The van der Waals surface area contributed by atoms with Gasteiger partial charge in [-0.15, -0.1) is 0 Å². The van der Waals surface area contributed by atoms with Crippen LogP contribution in [-0.2, 0) is 17.4 Å². The van der Waals surface area contributed by atoms with Gasteiger partial charge in [0.25, 0.3) is 0 Å². The fourth-order valence-corrected chi connectivity index (χ4v) is 2.45. The first-order valence-corrected chi connectivity index (χ1v) is 7.45. The number of benzene rings is 2. The number of carbonyl (C=O) groups excluding carboxylic acids is 1. The largest absolute Gasteiger partial charge is 0.416 e. The lowest BCUT2D eigenvalue weighted by atomic mass is 10.0. The van der Waals surface area contributed by atoms with Gasteiger partial charge in [-0.1, -0.05) is 29.8 Å². The highest BCUT2D eigenvalue weighted by Gasteiger charge is 2.30. The van der Waals surface area contributed by atoms with Crippen LogP contribution in [0, 0.1) is 5.82 Å². The van der Waals surface area contributed by atoms with Crippen LogP contribution in [0.5, 0.6) is 0 Å². The molecule has 0 heterocycles. The van der Waals surface area contributed by atoms with Gasteiger partial charge < -0.3 is 5.32 Å². The molecular weight excluding hydrogens is 346 g/mol. The average molecular weight is 360 g/mol. The van der Waals surface area contributed by atoms with Crippen LogP contribution in [-0.4, -0.2) is 5.91 Å². The molecule has 7 heteroatoms. The minimum absolute atomic E-state index is 0.0490. The number of alkyl halides is 3. The molecule has 128 valence electrons. The SMILES string of the molecule is CC(NC(=O)Cc1c(F)cccc1Cl)c1cccc(C(F)(F)F)c1. The summed E-state index contributed by atoms with van der Waals surface area (Å²) in [7, 11) is 0. The highest BCUT2D eigenvalue weighted by Crippen LogP contribution is 2.30. The summed E-state index contributed by atoms with van der Waals surface area (Å²) in [5, 5.41) is 2.67. The third-order valence-electron chi connectivity index (χ3n) is 3.49. The Bertz CT molecular complexity index is 725. The summed E-state index contributed by atoms with van der Waals surface area (Å²) in [5.74, 6) is -1.14. The number of nitrogens with one attached hydrogen (secondary N) is 1. The number of carbonyl (C=O) groups is 1. The maximum Gasteiger partial charge on any atom is 0.416 e. The van der Waals surface area contributed by atoms with Crippen LogP contribution in [0.3, 0.4) is 0 Å². The molecule has 0 aliphatic heterocycles. The second kappa shape index (κ2) is 7.21. The van der Waals surface area contributed by atoms with Gasteiger partial charge in [0.1, 0.15) is 5.82 Å². The van der Waals surface area contributed by atoms with Crippen LogP contribution < -0.4 is 5.32 Å². The van der Waals surface area contributed by atoms with Gasteiger partial charge in [0.05, 0.1) is 18.0 Å². The molecule has 0 fully saturated rings. The molecule has 0 aliphatic carbocycles. The molecule has 0 aromatic heterocycles. The fraction of sp³-hybridized carbons (Fsp3) is 0.235. The van der Waals surface area contributed by atoms with Crippen molar-refractivity contribution in [3.63, 3.8) is 0 Å². The zero-order valence-electron chi connectivity index (χ0n) is 12.6. The number of hydrogen-bond acceptors (Lipinski definition) is 1. The zero-order valence-corrected chi connectivity index (χ0v) is 13.4. The van der Waals surface area contributed by atoms with Crippen molar-refractivity contribution >= 4 is 17.5 Å². The van der Waals surface area contributed by atoms with Crippen LogP contribution in [0.4, 0.5) is 17.6 Å². The molecule has 2 nitrogen and oxygen atoms in total. The van der Waals surface area contributed by atoms with Crippen LogP contribution >= 0.6 is 11.6 Å². The summed E-state index contributed by atoms with van der Waals surface area (Å²) in [6.07, 6.45) is -4.75. The molecule has 0 saturated heterocycles. The van der Waals surface area contributed by atoms with Gasteiger partial charge in [-0.3, -0.25) is 4.79 Å². The van der Waals surface area contributed by atoms with E-state index in [2.05, 4.69) is 5.32 Å². The number of hydrogen-bond donors (Lipinski definition) is 1. The first-order valence-electron chi connectivity index (χ1n) is 7.08. The van der Waals surface area contributed by atoms with E-state index in [1.807, 2.05) is 0 Å². The van der Waals surface area contributed by atoms with E-state index < -0.39 is 29.5 Å². The molecule has 24 heavy (non-hydrogen) atoms. The first kappa shape index (κ1) is 18.3. The smallest absolute Gasteiger partial charge is 0.349 e. The van der Waals surface area contributed by atoms with E-state index >= 15 is 0 Å². The van der Waals surface area contributed by atoms with Gasteiger partial charge in [0, 0.05) is 10.6 Å². The number of halogens is 5. The lowest BCUT2D eigenvalue weighted by molar-refractivity contribution is -0.137. The summed E-state index contributed by atoms with van der Waals surface area (Å²) < 4.78 is 51.8. The molecule has 0 radical (unpaired) electrons. The predicted octanol–water partition coefficient (Wildman–Crippen LogP) is 4.92. The topological polar surface area (TPSA) is 29.1 Å². The average Bonchev–Trinajstić information content (AvgIpc) is 2.50. The molecule has 0 aliphatic rings. The van der Waals surface area contributed by atoms with E-state index in [9.17, 15) is 22.4 Å². The predicted molar refractivity (Wildman–Crippen MR) is 83.1 cm³/mol. The number of rotatable bonds is 4. The van der Waals surface area contributed by atoms with E-state index in [0.717, 1.165) is 12.1 Å². The first-order chi connectivity index (χ1) is 11.2. The molecule has 1 atom stereocenters. The van der Waals surface area contributed by atoms with Gasteiger partial charge in [0.15, 0.2) is 0 Å². The Hall–Kier alpha value is -2.08. The van der Waals surface area contributed by atoms with Gasteiger partial charge in [-0.05, 0) is 36.8 Å². The van der Waals surface area contributed by atoms with Crippen LogP contribution in [0.2, 0.25) is 5.02 Å². The van der Waals surface area contributed by atoms with Crippen molar-refractivity contribution in [3.05, 3.63) is 70.0 Å². The minimum atomic E-state index is -4.46. The molecule has 2 aromatic rings. The van der Waals surface area contributed by atoms with Crippen molar-refractivity contribution in [2.24, 2.45) is 0 Å². The van der Waals surface area contributed by atoms with E-state index in [4.69, 9.17) is 11.6 Å². The standard InChI is InChI=1S/C17H14ClF4NO/c1-10(11-4-2-5-12(8-11)17(20,21)22)23-16(24)9-13-14(18)6-3-7-15(13)19/h2-8,10H,9H2,1H3,(H,23,24). The Morgan fingerprint density at radius 2 is 1.88 bits per heavy atom. The van der Waals surface area contributed by atoms with Crippen molar-refractivity contribution in [2.45, 2.75) is 25.6 Å². The van der Waals surface area contributed by atoms with Crippen molar-refractivity contribution in [1.82, 2.24) is 5.32 Å². The molecule has 2 aromatic carbocycles. The molecule has 0 saturated carbocycles. The quantitative estimate of drug-likeness (QED) is 0.771. The van der Waals surface area contributed by atoms with Gasteiger partial charge in [-0.2, -0.15) is 13.2 Å². The van der Waals surface area contributed by atoms with Crippen LogP contribution in [0.1, 0.15) is 29.7 Å². The summed E-state index contributed by atoms with van der Waals surface area (Å²) in [6.45, 7) is 1.55. The molecular formula is C17H14ClF4NO. The molecule has 2 rings (SSSR count). The number of amides is 1. The molecule has 1 amide bonds. The summed E-state index contributed by atoms with van der Waals surface area (Å²) >= 11 is 5.85. The van der Waals surface area contributed by atoms with Crippen molar-refractivity contribution in [1.29, 1.82) is 0 Å². The summed E-state index contributed by atoms with van der Waals surface area (Å²) in [5.41, 5.74) is -0.441. The monoisotopic (exact) mass is 359 g/mol. The maximum atomic E-state index is 13.7. The Kier molecular flexibility index (Phi) is 5.49. The van der Waals surface area contributed by atoms with Crippen LogP contribution in [0.15, 0.2) is 42.5 Å². The van der Waals surface area contributed by atoms with E-state index in [1.54, 1.807) is 6.92 Å². The highest BCUT2D eigenvalue weighted by molar-refractivity contribution is 6.31. The maximum absolute atomic E-state index is 13.7. The Morgan fingerprint density at radius 3 is 2.50 bits per heavy atom. The normalized spacial score (nSPS) is 12.8. The molecule has 1 unspecified atom stereocenters. The summed E-state index contributed by atoms with van der Waals surface area (Å²) in [4.78, 5) is 12.0. The fourth-order valence-electron chi connectivity index (χ4n) is 2.22. The molecule has 0 bridgehead atoms. The van der Waals surface area contributed by atoms with Crippen molar-refractivity contribution in [3.8, 4) is 0 Å². The Balaban J connectivity index is 2.09. The van der Waals surface area contributed by atoms with Crippen molar-refractivity contribution < 1.29 is 22.4 Å². The Labute approximate surface area is 141 Å². The van der Waals surface area contributed by atoms with Crippen molar-refractivity contribution in [2.75, 3.05) is 0 Å². The second-order valence-corrected chi connectivity index (χ2v) is 5.70. The van der Waals surface area contributed by atoms with E-state index in [1.165, 1.54) is 30.3 Å². The second-order valence-electron chi connectivity index (χ2n) is 5.29. The minimum Gasteiger partial charge on any atom is -0.349 e. The lowest BCUT2D eigenvalue weighted by Crippen LogP contribution is -2.28. The highest BCUT2D eigenvalue weighted by atomic mass is 35.5. The Morgan fingerprint density at radius 1 is 1.21 bits per heavy atom. The molecule has 1 N–H and O–H groups in total. The van der Waals surface area contributed by atoms with E-state index in [0.29, 0.717) is 5.56 Å². The van der Waals surface area contributed by atoms with E-state index in [-0.39, 0.29) is 17.0 Å². The molecule has 0 spiro atoms. The third kappa shape index (κ3) is 4.47. The third-order valence-corrected chi connectivity index (χ3v) is 3.84. The van der Waals surface area contributed by atoms with Gasteiger partial charge in [-0.25, -0.2) is 4.39 Å². The van der Waals surface area contributed by atoms with Crippen LogP contribution in [0.25, 0.3) is 0 Å². The van der Waals surface area contributed by atoms with Gasteiger partial charge >= 0.3 is 6.18 Å². The van der Waals surface area contributed by atoms with Gasteiger partial charge in [0.2, 0.25) is 5.91 Å². The lowest BCUT2D eigenvalue weighted by Gasteiger charge is -2.16.